The van der Waals surface area contributed by atoms with Crippen LogP contribution in [0.5, 0.6) is 17.2 Å². The summed E-state index contributed by atoms with van der Waals surface area (Å²) in [5.74, 6) is 2.63. The van der Waals surface area contributed by atoms with Crippen molar-refractivity contribution in [3.63, 3.8) is 0 Å². The minimum atomic E-state index is 0.308. The zero-order valence-electron chi connectivity index (χ0n) is 9.83. The molecule has 0 aliphatic heterocycles. The van der Waals surface area contributed by atoms with E-state index in [1.807, 2.05) is 0 Å². The number of ether oxygens (including phenoxy) is 3. The third-order valence-corrected chi connectivity index (χ3v) is 2.71. The molecule has 0 amide bonds. The standard InChI is InChI=1S/C11H13ClN2O3/c1-15-7-4-6-9(14-8(5-12)13-6)11(17-3)10(7)16-2/h4H,5H2,1-3H3,(H,13,14). The van der Waals surface area contributed by atoms with E-state index < -0.39 is 0 Å². The van der Waals surface area contributed by atoms with Crippen LogP contribution in [-0.2, 0) is 5.88 Å². The lowest BCUT2D eigenvalue weighted by molar-refractivity contribution is 0.327. The summed E-state index contributed by atoms with van der Waals surface area (Å²) in [6, 6.07) is 1.81. The van der Waals surface area contributed by atoms with Crippen LogP contribution in [0.1, 0.15) is 5.82 Å². The van der Waals surface area contributed by atoms with E-state index in [1.54, 1.807) is 27.4 Å². The van der Waals surface area contributed by atoms with Crippen molar-refractivity contribution in [1.82, 2.24) is 9.97 Å². The van der Waals surface area contributed by atoms with Gasteiger partial charge in [0.15, 0.2) is 11.5 Å². The first-order chi connectivity index (χ1) is 8.24. The number of rotatable bonds is 4. The molecule has 0 radical (unpaired) electrons. The van der Waals surface area contributed by atoms with Gasteiger partial charge < -0.3 is 19.2 Å². The molecule has 1 N–H and O–H groups in total. The van der Waals surface area contributed by atoms with Crippen LogP contribution in [0.15, 0.2) is 6.07 Å². The quantitative estimate of drug-likeness (QED) is 0.853. The summed E-state index contributed by atoms with van der Waals surface area (Å²) in [7, 11) is 4.69. The Hall–Kier alpha value is -1.62. The van der Waals surface area contributed by atoms with Gasteiger partial charge in [-0.15, -0.1) is 11.6 Å². The van der Waals surface area contributed by atoms with Crippen LogP contribution in [0, 0.1) is 0 Å². The molecule has 17 heavy (non-hydrogen) atoms. The Kier molecular flexibility index (Phi) is 3.28. The first kappa shape index (κ1) is 11.9. The number of hydrogen-bond donors (Lipinski definition) is 1. The summed E-state index contributed by atoms with van der Waals surface area (Å²) < 4.78 is 15.8. The van der Waals surface area contributed by atoms with Gasteiger partial charge in [-0.2, -0.15) is 0 Å². The van der Waals surface area contributed by atoms with E-state index in [0.29, 0.717) is 34.5 Å². The Labute approximate surface area is 104 Å². The molecule has 0 saturated heterocycles. The van der Waals surface area contributed by atoms with Crippen molar-refractivity contribution in [3.8, 4) is 17.2 Å². The molecule has 2 aromatic rings. The largest absolute Gasteiger partial charge is 0.493 e. The Balaban J connectivity index is 2.76. The van der Waals surface area contributed by atoms with Crippen molar-refractivity contribution < 1.29 is 14.2 Å². The van der Waals surface area contributed by atoms with Crippen molar-refractivity contribution in [2.24, 2.45) is 0 Å². The number of methoxy groups -OCH3 is 3. The van der Waals surface area contributed by atoms with E-state index in [2.05, 4.69) is 9.97 Å². The van der Waals surface area contributed by atoms with Gasteiger partial charge in [-0.3, -0.25) is 0 Å². The van der Waals surface area contributed by atoms with Crippen LogP contribution >= 0.6 is 11.6 Å². The van der Waals surface area contributed by atoms with Crippen molar-refractivity contribution >= 4 is 22.6 Å². The molecular formula is C11H13ClN2O3. The number of alkyl halides is 1. The van der Waals surface area contributed by atoms with Crippen molar-refractivity contribution in [2.75, 3.05) is 21.3 Å². The highest BCUT2D eigenvalue weighted by Gasteiger charge is 2.18. The molecule has 0 atom stereocenters. The van der Waals surface area contributed by atoms with Gasteiger partial charge in [0.1, 0.15) is 11.3 Å². The first-order valence-electron chi connectivity index (χ1n) is 4.98. The van der Waals surface area contributed by atoms with E-state index >= 15 is 0 Å². The molecule has 1 heterocycles. The Morgan fingerprint density at radius 2 is 1.88 bits per heavy atom. The summed E-state index contributed by atoms with van der Waals surface area (Å²) in [5.41, 5.74) is 1.48. The number of halogens is 1. The molecule has 0 bridgehead atoms. The van der Waals surface area contributed by atoms with Crippen LogP contribution in [0.25, 0.3) is 11.0 Å². The molecule has 0 aliphatic rings. The highest BCUT2D eigenvalue weighted by Crippen LogP contribution is 2.42. The number of H-pyrrole nitrogens is 1. The van der Waals surface area contributed by atoms with Gasteiger partial charge in [-0.25, -0.2) is 4.98 Å². The second-order valence-electron chi connectivity index (χ2n) is 3.36. The van der Waals surface area contributed by atoms with Crippen LogP contribution in [-0.4, -0.2) is 31.3 Å². The van der Waals surface area contributed by atoms with Crippen LogP contribution in [0.3, 0.4) is 0 Å². The minimum absolute atomic E-state index is 0.308. The topological polar surface area (TPSA) is 56.4 Å². The van der Waals surface area contributed by atoms with Gasteiger partial charge in [0.25, 0.3) is 0 Å². The summed E-state index contributed by atoms with van der Waals surface area (Å²) in [6.45, 7) is 0. The highest BCUT2D eigenvalue weighted by molar-refractivity contribution is 6.16. The molecule has 0 fully saturated rings. The molecule has 2 rings (SSSR count). The fourth-order valence-electron chi connectivity index (χ4n) is 1.73. The predicted octanol–water partition coefficient (Wildman–Crippen LogP) is 2.33. The Morgan fingerprint density at radius 3 is 2.41 bits per heavy atom. The number of aromatic amines is 1. The van der Waals surface area contributed by atoms with Crippen molar-refractivity contribution in [3.05, 3.63) is 11.9 Å². The average Bonchev–Trinajstić information content (AvgIpc) is 2.78. The molecule has 0 saturated carbocycles. The van der Waals surface area contributed by atoms with Crippen molar-refractivity contribution in [2.45, 2.75) is 5.88 Å². The second kappa shape index (κ2) is 4.71. The van der Waals surface area contributed by atoms with Gasteiger partial charge in [0, 0.05) is 6.07 Å². The average molecular weight is 257 g/mol. The van der Waals surface area contributed by atoms with Gasteiger partial charge in [0.2, 0.25) is 5.75 Å². The molecule has 0 unspecified atom stereocenters. The zero-order chi connectivity index (χ0) is 12.4. The lowest BCUT2D eigenvalue weighted by Crippen LogP contribution is -1.95. The summed E-state index contributed by atoms with van der Waals surface area (Å²) in [6.07, 6.45) is 0. The summed E-state index contributed by atoms with van der Waals surface area (Å²) >= 11 is 5.74. The highest BCUT2D eigenvalue weighted by atomic mass is 35.5. The lowest BCUT2D eigenvalue weighted by Gasteiger charge is -2.11. The van der Waals surface area contributed by atoms with Gasteiger partial charge >= 0.3 is 0 Å². The summed E-state index contributed by atoms with van der Waals surface area (Å²) in [5, 5.41) is 0. The van der Waals surface area contributed by atoms with Gasteiger partial charge in [-0.1, -0.05) is 0 Å². The number of aromatic nitrogens is 2. The van der Waals surface area contributed by atoms with E-state index in [4.69, 9.17) is 25.8 Å². The SMILES string of the molecule is COc1cc2[nH]c(CCl)nc2c(OC)c1OC. The van der Waals surface area contributed by atoms with Gasteiger partial charge in [-0.05, 0) is 0 Å². The summed E-state index contributed by atoms with van der Waals surface area (Å²) in [4.78, 5) is 7.43. The number of imidazole rings is 1. The van der Waals surface area contributed by atoms with Crippen LogP contribution < -0.4 is 14.2 Å². The molecule has 5 nitrogen and oxygen atoms in total. The number of nitrogens with one attached hydrogen (secondary N) is 1. The number of benzene rings is 1. The molecule has 0 spiro atoms. The van der Waals surface area contributed by atoms with E-state index in [9.17, 15) is 0 Å². The number of hydrogen-bond acceptors (Lipinski definition) is 4. The molecule has 1 aromatic carbocycles. The maximum Gasteiger partial charge on any atom is 0.205 e. The third kappa shape index (κ3) is 1.86. The zero-order valence-corrected chi connectivity index (χ0v) is 10.6. The molecular weight excluding hydrogens is 244 g/mol. The second-order valence-corrected chi connectivity index (χ2v) is 3.63. The molecule has 0 aliphatic carbocycles. The fraction of sp³-hybridized carbons (Fsp3) is 0.364. The monoisotopic (exact) mass is 256 g/mol. The first-order valence-corrected chi connectivity index (χ1v) is 5.52. The molecule has 1 aromatic heterocycles. The molecule has 92 valence electrons. The smallest absolute Gasteiger partial charge is 0.205 e. The Bertz CT molecular complexity index is 539. The Morgan fingerprint density at radius 1 is 1.18 bits per heavy atom. The minimum Gasteiger partial charge on any atom is -0.493 e. The maximum atomic E-state index is 5.74. The predicted molar refractivity (Wildman–Crippen MR) is 65.3 cm³/mol. The molecule has 6 heteroatoms. The number of nitrogens with zero attached hydrogens (tertiary/aromatic N) is 1. The lowest BCUT2D eigenvalue weighted by atomic mass is 10.2. The third-order valence-electron chi connectivity index (χ3n) is 2.46. The van der Waals surface area contributed by atoms with E-state index in [1.165, 1.54) is 0 Å². The number of fused-ring (bicyclic) bond motifs is 1. The van der Waals surface area contributed by atoms with Crippen LogP contribution in [0.4, 0.5) is 0 Å². The van der Waals surface area contributed by atoms with Crippen molar-refractivity contribution in [1.29, 1.82) is 0 Å². The van der Waals surface area contributed by atoms with E-state index in [-0.39, 0.29) is 0 Å². The van der Waals surface area contributed by atoms with Gasteiger partial charge in [0.05, 0.1) is 32.7 Å². The van der Waals surface area contributed by atoms with E-state index in [0.717, 1.165) is 5.52 Å². The maximum absolute atomic E-state index is 5.74. The fourth-order valence-corrected chi connectivity index (χ4v) is 1.86. The normalized spacial score (nSPS) is 10.6. The van der Waals surface area contributed by atoms with Crippen LogP contribution in [0.2, 0.25) is 0 Å².